The van der Waals surface area contributed by atoms with Crippen molar-refractivity contribution in [3.8, 4) is 17.1 Å². The van der Waals surface area contributed by atoms with E-state index in [1.54, 1.807) is 6.92 Å². The monoisotopic (exact) mass is 348 g/mol. The van der Waals surface area contributed by atoms with Crippen LogP contribution in [-0.2, 0) is 0 Å². The second-order valence-corrected chi connectivity index (χ2v) is 4.68. The van der Waals surface area contributed by atoms with Crippen LogP contribution in [-0.4, -0.2) is 16.3 Å². The minimum atomic E-state index is -4.77. The number of rotatable bonds is 2. The van der Waals surface area contributed by atoms with E-state index in [9.17, 15) is 18.0 Å². The summed E-state index contributed by atoms with van der Waals surface area (Å²) >= 11 is 3.06. The molecule has 1 aromatic heterocycles. The molecule has 1 heterocycles. The van der Waals surface area contributed by atoms with Crippen LogP contribution in [0.25, 0.3) is 11.4 Å². The van der Waals surface area contributed by atoms with Gasteiger partial charge in [0.05, 0.1) is 5.69 Å². The second kappa shape index (κ2) is 5.28. The summed E-state index contributed by atoms with van der Waals surface area (Å²) in [7, 11) is 0. The number of nitrogens with zero attached hydrogens (tertiary/aromatic N) is 1. The van der Waals surface area contributed by atoms with Crippen LogP contribution in [0.5, 0.6) is 5.75 Å². The predicted molar refractivity (Wildman–Crippen MR) is 69.4 cm³/mol. The normalized spacial score (nSPS) is 11.4. The average molecular weight is 349 g/mol. The zero-order chi connectivity index (χ0) is 14.9. The molecule has 0 aliphatic carbocycles. The van der Waals surface area contributed by atoms with Crippen molar-refractivity contribution in [3.05, 3.63) is 44.8 Å². The fourth-order valence-electron chi connectivity index (χ4n) is 1.55. The molecular formula is C12H8BrF3N2O2. The van der Waals surface area contributed by atoms with Crippen LogP contribution in [0.4, 0.5) is 13.2 Å². The SMILES string of the molecule is Cc1nc(-c2cccc(OC(F)(F)F)c2)[nH]c(=O)c1Br. The quantitative estimate of drug-likeness (QED) is 0.904. The third kappa shape index (κ3) is 3.38. The molecule has 2 aromatic rings. The lowest BCUT2D eigenvalue weighted by atomic mass is 10.2. The molecule has 1 N–H and O–H groups in total. The standard InChI is InChI=1S/C12H8BrF3N2O2/c1-6-9(13)11(19)18-10(17-6)7-3-2-4-8(5-7)20-12(14,15)16/h2-5H,1H3,(H,17,18,19). The van der Waals surface area contributed by atoms with Crippen molar-refractivity contribution < 1.29 is 17.9 Å². The maximum atomic E-state index is 12.2. The number of H-pyrrole nitrogens is 1. The molecule has 0 bridgehead atoms. The fraction of sp³-hybridized carbons (Fsp3) is 0.167. The van der Waals surface area contributed by atoms with Gasteiger partial charge in [-0.05, 0) is 35.0 Å². The van der Waals surface area contributed by atoms with Crippen LogP contribution in [0.1, 0.15) is 5.69 Å². The van der Waals surface area contributed by atoms with Gasteiger partial charge in [0, 0.05) is 5.56 Å². The summed E-state index contributed by atoms with van der Waals surface area (Å²) in [5.41, 5.74) is 0.347. The largest absolute Gasteiger partial charge is 0.573 e. The summed E-state index contributed by atoms with van der Waals surface area (Å²) in [6, 6.07) is 5.22. The first kappa shape index (κ1) is 14.6. The summed E-state index contributed by atoms with van der Waals surface area (Å²) in [4.78, 5) is 18.2. The van der Waals surface area contributed by atoms with Gasteiger partial charge in [-0.2, -0.15) is 0 Å². The van der Waals surface area contributed by atoms with Crippen LogP contribution >= 0.6 is 15.9 Å². The third-order valence-electron chi connectivity index (χ3n) is 2.37. The Morgan fingerprint density at radius 1 is 1.35 bits per heavy atom. The van der Waals surface area contributed by atoms with Gasteiger partial charge in [-0.15, -0.1) is 13.2 Å². The Morgan fingerprint density at radius 3 is 2.65 bits per heavy atom. The van der Waals surface area contributed by atoms with Gasteiger partial charge < -0.3 is 9.72 Å². The van der Waals surface area contributed by atoms with E-state index in [4.69, 9.17) is 0 Å². The highest BCUT2D eigenvalue weighted by Crippen LogP contribution is 2.26. The molecule has 0 saturated carbocycles. The number of hydrogen-bond donors (Lipinski definition) is 1. The Bertz CT molecular complexity index is 698. The third-order valence-corrected chi connectivity index (χ3v) is 3.30. The molecule has 0 aliphatic rings. The van der Waals surface area contributed by atoms with Crippen molar-refractivity contribution >= 4 is 15.9 Å². The maximum Gasteiger partial charge on any atom is 0.573 e. The number of aromatic nitrogens is 2. The van der Waals surface area contributed by atoms with E-state index in [2.05, 4.69) is 30.6 Å². The molecule has 2 rings (SSSR count). The molecule has 106 valence electrons. The summed E-state index contributed by atoms with van der Waals surface area (Å²) < 4.78 is 40.6. The molecule has 0 unspecified atom stereocenters. The van der Waals surface area contributed by atoms with Crippen molar-refractivity contribution in [3.63, 3.8) is 0 Å². The van der Waals surface area contributed by atoms with E-state index in [0.717, 1.165) is 6.07 Å². The zero-order valence-electron chi connectivity index (χ0n) is 10.1. The van der Waals surface area contributed by atoms with E-state index >= 15 is 0 Å². The van der Waals surface area contributed by atoms with Gasteiger partial charge in [0.2, 0.25) is 0 Å². The lowest BCUT2D eigenvalue weighted by molar-refractivity contribution is -0.274. The van der Waals surface area contributed by atoms with E-state index in [1.807, 2.05) is 0 Å². The second-order valence-electron chi connectivity index (χ2n) is 3.89. The molecule has 0 aliphatic heterocycles. The van der Waals surface area contributed by atoms with Gasteiger partial charge in [0.1, 0.15) is 16.0 Å². The first-order valence-electron chi connectivity index (χ1n) is 5.39. The molecule has 0 atom stereocenters. The Labute approximate surface area is 119 Å². The Balaban J connectivity index is 2.44. The molecule has 1 aromatic carbocycles. The van der Waals surface area contributed by atoms with Crippen LogP contribution in [0.2, 0.25) is 0 Å². The molecule has 20 heavy (non-hydrogen) atoms. The van der Waals surface area contributed by atoms with Gasteiger partial charge in [0.15, 0.2) is 0 Å². The number of hydrogen-bond acceptors (Lipinski definition) is 3. The van der Waals surface area contributed by atoms with Gasteiger partial charge in [-0.3, -0.25) is 4.79 Å². The molecule has 0 amide bonds. The number of alkyl halides is 3. The van der Waals surface area contributed by atoms with E-state index in [1.165, 1.54) is 18.2 Å². The Hall–Kier alpha value is -1.83. The smallest absolute Gasteiger partial charge is 0.406 e. The fourth-order valence-corrected chi connectivity index (χ4v) is 1.74. The van der Waals surface area contributed by atoms with Crippen molar-refractivity contribution in [2.45, 2.75) is 13.3 Å². The average Bonchev–Trinajstić information content (AvgIpc) is 2.33. The molecular weight excluding hydrogens is 341 g/mol. The minimum Gasteiger partial charge on any atom is -0.406 e. The van der Waals surface area contributed by atoms with Crippen LogP contribution in [0.3, 0.4) is 0 Å². The number of halogens is 4. The van der Waals surface area contributed by atoms with Crippen molar-refractivity contribution in [1.29, 1.82) is 0 Å². The summed E-state index contributed by atoms with van der Waals surface area (Å²) in [5, 5.41) is 0. The predicted octanol–water partition coefficient (Wildman–Crippen LogP) is 3.41. The van der Waals surface area contributed by atoms with Gasteiger partial charge in [-0.25, -0.2) is 4.98 Å². The maximum absolute atomic E-state index is 12.2. The van der Waals surface area contributed by atoms with Gasteiger partial charge in [0.25, 0.3) is 5.56 Å². The molecule has 0 spiro atoms. The highest BCUT2D eigenvalue weighted by Gasteiger charge is 2.31. The van der Waals surface area contributed by atoms with E-state index in [-0.39, 0.29) is 16.0 Å². The molecule has 0 radical (unpaired) electrons. The summed E-state index contributed by atoms with van der Waals surface area (Å²) in [5.74, 6) is -0.207. The molecule has 4 nitrogen and oxygen atoms in total. The highest BCUT2D eigenvalue weighted by atomic mass is 79.9. The molecule has 0 fully saturated rings. The van der Waals surface area contributed by atoms with Crippen molar-refractivity contribution in [2.24, 2.45) is 0 Å². The number of benzene rings is 1. The van der Waals surface area contributed by atoms with Crippen molar-refractivity contribution in [1.82, 2.24) is 9.97 Å². The first-order chi connectivity index (χ1) is 9.26. The number of aryl methyl sites for hydroxylation is 1. The van der Waals surface area contributed by atoms with Gasteiger partial charge >= 0.3 is 6.36 Å². The minimum absolute atomic E-state index is 0.170. The number of aromatic amines is 1. The summed E-state index contributed by atoms with van der Waals surface area (Å²) in [6.45, 7) is 1.61. The topological polar surface area (TPSA) is 55.0 Å². The van der Waals surface area contributed by atoms with Crippen LogP contribution in [0.15, 0.2) is 33.5 Å². The van der Waals surface area contributed by atoms with Crippen molar-refractivity contribution in [2.75, 3.05) is 0 Å². The van der Waals surface area contributed by atoms with E-state index < -0.39 is 11.9 Å². The molecule has 8 heteroatoms. The number of ether oxygens (including phenoxy) is 1. The zero-order valence-corrected chi connectivity index (χ0v) is 11.7. The van der Waals surface area contributed by atoms with Crippen LogP contribution in [0, 0.1) is 6.92 Å². The number of nitrogens with one attached hydrogen (secondary N) is 1. The summed E-state index contributed by atoms with van der Waals surface area (Å²) in [6.07, 6.45) is -4.77. The lowest BCUT2D eigenvalue weighted by Crippen LogP contribution is -2.17. The Kier molecular flexibility index (Phi) is 3.85. The van der Waals surface area contributed by atoms with Crippen LogP contribution < -0.4 is 10.3 Å². The van der Waals surface area contributed by atoms with Gasteiger partial charge in [-0.1, -0.05) is 12.1 Å². The Morgan fingerprint density at radius 2 is 2.05 bits per heavy atom. The lowest BCUT2D eigenvalue weighted by Gasteiger charge is -2.10. The van der Waals surface area contributed by atoms with E-state index in [0.29, 0.717) is 11.3 Å². The molecule has 0 saturated heterocycles. The first-order valence-corrected chi connectivity index (χ1v) is 6.18. The highest BCUT2D eigenvalue weighted by molar-refractivity contribution is 9.10.